The van der Waals surface area contributed by atoms with E-state index in [0.717, 1.165) is 60.1 Å². The Morgan fingerprint density at radius 3 is 2.80 bits per heavy atom. The third-order valence-corrected chi connectivity index (χ3v) is 4.41. The molecular weight excluding hydrogens is 316 g/mol. The summed E-state index contributed by atoms with van der Waals surface area (Å²) in [6, 6.07) is 9.12. The Morgan fingerprint density at radius 1 is 1.24 bits per heavy atom. The van der Waals surface area contributed by atoms with E-state index in [2.05, 4.69) is 20.2 Å². The van der Waals surface area contributed by atoms with E-state index in [1.807, 2.05) is 19.1 Å². The van der Waals surface area contributed by atoms with Crippen molar-refractivity contribution in [3.05, 3.63) is 41.6 Å². The van der Waals surface area contributed by atoms with Crippen LogP contribution in [0.3, 0.4) is 0 Å². The van der Waals surface area contributed by atoms with Crippen LogP contribution >= 0.6 is 0 Å². The SMILES string of the molecule is Cc1cc2c(Nc3cccc(C(N)=O)c3)nc(N3CCCC3)nc2[nH]1. The number of nitrogens with two attached hydrogens (primary N) is 1. The molecule has 1 aliphatic heterocycles. The van der Waals surface area contributed by atoms with Crippen LogP contribution in [0.5, 0.6) is 0 Å². The maximum absolute atomic E-state index is 11.4. The number of benzene rings is 1. The number of aromatic amines is 1. The highest BCUT2D eigenvalue weighted by Crippen LogP contribution is 2.28. The summed E-state index contributed by atoms with van der Waals surface area (Å²) in [5.41, 5.74) is 8.43. The Labute approximate surface area is 145 Å². The van der Waals surface area contributed by atoms with Crippen molar-refractivity contribution >= 4 is 34.4 Å². The summed E-state index contributed by atoms with van der Waals surface area (Å²) < 4.78 is 0. The second kappa shape index (κ2) is 6.08. The first-order chi connectivity index (χ1) is 12.1. The lowest BCUT2D eigenvalue weighted by molar-refractivity contribution is 0.100. The molecule has 0 aliphatic carbocycles. The van der Waals surface area contributed by atoms with Gasteiger partial charge in [-0.2, -0.15) is 9.97 Å². The molecule has 25 heavy (non-hydrogen) atoms. The Morgan fingerprint density at radius 2 is 2.04 bits per heavy atom. The Balaban J connectivity index is 1.76. The van der Waals surface area contributed by atoms with Gasteiger partial charge in [-0.25, -0.2) is 0 Å². The largest absolute Gasteiger partial charge is 0.366 e. The molecule has 0 spiro atoms. The highest BCUT2D eigenvalue weighted by molar-refractivity contribution is 5.95. The minimum Gasteiger partial charge on any atom is -0.366 e. The van der Waals surface area contributed by atoms with Crippen LogP contribution in [0.1, 0.15) is 28.9 Å². The zero-order valence-electron chi connectivity index (χ0n) is 14.0. The van der Waals surface area contributed by atoms with Gasteiger partial charge >= 0.3 is 0 Å². The average Bonchev–Trinajstić information content (AvgIpc) is 3.23. The van der Waals surface area contributed by atoms with E-state index >= 15 is 0 Å². The average molecular weight is 336 g/mol. The molecular formula is C18H20N6O. The standard InChI is InChI=1S/C18H20N6O/c1-11-9-14-16(20-11)22-18(24-7-2-3-8-24)23-17(14)21-13-6-4-5-12(10-13)15(19)25/h4-6,9-10H,2-3,7-8H2,1H3,(H2,19,25)(H2,20,21,22,23). The lowest BCUT2D eigenvalue weighted by atomic mass is 10.2. The van der Waals surface area contributed by atoms with Gasteiger partial charge in [0.15, 0.2) is 0 Å². The first kappa shape index (κ1) is 15.4. The van der Waals surface area contributed by atoms with Gasteiger partial charge in [-0.1, -0.05) is 6.07 Å². The molecule has 1 amide bonds. The summed E-state index contributed by atoms with van der Waals surface area (Å²) in [6.07, 6.45) is 2.32. The van der Waals surface area contributed by atoms with Crippen molar-refractivity contribution in [2.45, 2.75) is 19.8 Å². The fourth-order valence-corrected chi connectivity index (χ4v) is 3.17. The first-order valence-corrected chi connectivity index (χ1v) is 8.39. The molecule has 1 aromatic carbocycles. The molecule has 3 aromatic rings. The summed E-state index contributed by atoms with van der Waals surface area (Å²) in [4.78, 5) is 26.3. The summed E-state index contributed by atoms with van der Waals surface area (Å²) in [5, 5.41) is 4.24. The number of rotatable bonds is 4. The number of nitrogens with zero attached hydrogens (tertiary/aromatic N) is 3. The zero-order chi connectivity index (χ0) is 17.4. The van der Waals surface area contributed by atoms with Crippen LogP contribution < -0.4 is 16.0 Å². The molecule has 0 saturated carbocycles. The summed E-state index contributed by atoms with van der Waals surface area (Å²) in [7, 11) is 0. The van der Waals surface area contributed by atoms with Crippen molar-refractivity contribution in [3.63, 3.8) is 0 Å². The highest BCUT2D eigenvalue weighted by Gasteiger charge is 2.18. The molecule has 0 atom stereocenters. The highest BCUT2D eigenvalue weighted by atomic mass is 16.1. The second-order valence-corrected chi connectivity index (χ2v) is 6.35. The van der Waals surface area contributed by atoms with Crippen LogP contribution in [0.25, 0.3) is 11.0 Å². The van der Waals surface area contributed by atoms with Gasteiger partial charge in [0, 0.05) is 30.0 Å². The molecule has 1 saturated heterocycles. The number of hydrogen-bond acceptors (Lipinski definition) is 5. The third-order valence-electron chi connectivity index (χ3n) is 4.41. The van der Waals surface area contributed by atoms with Crippen LogP contribution in [0.4, 0.5) is 17.5 Å². The summed E-state index contributed by atoms with van der Waals surface area (Å²) in [6.45, 7) is 3.94. The molecule has 0 radical (unpaired) electrons. The third kappa shape index (κ3) is 3.00. The number of aromatic nitrogens is 3. The van der Waals surface area contributed by atoms with Gasteiger partial charge in [-0.05, 0) is 44.0 Å². The monoisotopic (exact) mass is 336 g/mol. The fraction of sp³-hybridized carbons (Fsp3) is 0.278. The first-order valence-electron chi connectivity index (χ1n) is 8.39. The van der Waals surface area contributed by atoms with E-state index < -0.39 is 5.91 Å². The Hall–Kier alpha value is -3.09. The van der Waals surface area contributed by atoms with Crippen molar-refractivity contribution < 1.29 is 4.79 Å². The Kier molecular flexibility index (Phi) is 3.76. The molecule has 7 nitrogen and oxygen atoms in total. The van der Waals surface area contributed by atoms with E-state index in [1.54, 1.807) is 18.2 Å². The van der Waals surface area contributed by atoms with Crippen molar-refractivity contribution in [3.8, 4) is 0 Å². The smallest absolute Gasteiger partial charge is 0.248 e. The molecule has 0 bridgehead atoms. The number of amides is 1. The molecule has 1 fully saturated rings. The van der Waals surface area contributed by atoms with Gasteiger partial charge in [0.25, 0.3) is 0 Å². The van der Waals surface area contributed by atoms with E-state index in [1.165, 1.54) is 0 Å². The fourth-order valence-electron chi connectivity index (χ4n) is 3.17. The van der Waals surface area contributed by atoms with Crippen LogP contribution in [0.15, 0.2) is 30.3 Å². The number of hydrogen-bond donors (Lipinski definition) is 3. The van der Waals surface area contributed by atoms with Gasteiger partial charge < -0.3 is 20.9 Å². The predicted molar refractivity (Wildman–Crippen MR) is 98.3 cm³/mol. The topological polar surface area (TPSA) is 99.9 Å². The summed E-state index contributed by atoms with van der Waals surface area (Å²) >= 11 is 0. The van der Waals surface area contributed by atoms with Crippen molar-refractivity contribution in [2.24, 2.45) is 5.73 Å². The second-order valence-electron chi connectivity index (χ2n) is 6.35. The predicted octanol–water partition coefficient (Wildman–Crippen LogP) is 2.71. The number of carbonyl (C=O) groups excluding carboxylic acids is 1. The van der Waals surface area contributed by atoms with E-state index in [4.69, 9.17) is 10.7 Å². The maximum Gasteiger partial charge on any atom is 0.248 e. The normalized spacial score (nSPS) is 14.2. The van der Waals surface area contributed by atoms with Gasteiger partial charge in [0.05, 0.1) is 5.39 Å². The zero-order valence-corrected chi connectivity index (χ0v) is 14.0. The summed E-state index contributed by atoms with van der Waals surface area (Å²) in [5.74, 6) is 0.991. The Bertz CT molecular complexity index is 942. The number of carbonyl (C=O) groups is 1. The molecule has 1 aliphatic rings. The molecule has 4 rings (SSSR count). The number of aryl methyl sites for hydroxylation is 1. The quantitative estimate of drug-likeness (QED) is 0.680. The lowest BCUT2D eigenvalue weighted by Gasteiger charge is -2.17. The van der Waals surface area contributed by atoms with Crippen molar-refractivity contribution in [2.75, 3.05) is 23.3 Å². The number of anilines is 3. The molecule has 128 valence electrons. The van der Waals surface area contributed by atoms with Gasteiger partial charge in [0.2, 0.25) is 11.9 Å². The molecule has 4 N–H and O–H groups in total. The maximum atomic E-state index is 11.4. The van der Waals surface area contributed by atoms with Gasteiger partial charge in [-0.15, -0.1) is 0 Å². The van der Waals surface area contributed by atoms with Crippen LogP contribution in [0.2, 0.25) is 0 Å². The van der Waals surface area contributed by atoms with Crippen LogP contribution in [-0.2, 0) is 0 Å². The number of nitrogens with one attached hydrogen (secondary N) is 2. The molecule has 7 heteroatoms. The number of fused-ring (bicyclic) bond motifs is 1. The van der Waals surface area contributed by atoms with Crippen LogP contribution in [0, 0.1) is 6.92 Å². The molecule has 3 heterocycles. The van der Waals surface area contributed by atoms with Crippen molar-refractivity contribution in [1.29, 1.82) is 0 Å². The van der Waals surface area contributed by atoms with Crippen LogP contribution in [-0.4, -0.2) is 33.9 Å². The van der Waals surface area contributed by atoms with Crippen molar-refractivity contribution in [1.82, 2.24) is 15.0 Å². The molecule has 0 unspecified atom stereocenters. The van der Waals surface area contributed by atoms with E-state index in [0.29, 0.717) is 5.56 Å². The number of H-pyrrole nitrogens is 1. The van der Waals surface area contributed by atoms with E-state index in [-0.39, 0.29) is 0 Å². The number of primary amides is 1. The molecule has 2 aromatic heterocycles. The minimum atomic E-state index is -0.452. The van der Waals surface area contributed by atoms with Gasteiger partial charge in [-0.3, -0.25) is 4.79 Å². The lowest BCUT2D eigenvalue weighted by Crippen LogP contribution is -2.20. The van der Waals surface area contributed by atoms with Gasteiger partial charge in [0.1, 0.15) is 11.5 Å². The van der Waals surface area contributed by atoms with E-state index in [9.17, 15) is 4.79 Å². The minimum absolute atomic E-state index is 0.452.